The molecule has 1 N–H and O–H groups in total. The van der Waals surface area contributed by atoms with Gasteiger partial charge in [-0.1, -0.05) is 5.16 Å². The molecular weight excluding hydrogens is 282 g/mol. The van der Waals surface area contributed by atoms with Gasteiger partial charge in [-0.2, -0.15) is 0 Å². The summed E-state index contributed by atoms with van der Waals surface area (Å²) in [7, 11) is 0. The van der Waals surface area contributed by atoms with Gasteiger partial charge in [0.25, 0.3) is 5.91 Å². The van der Waals surface area contributed by atoms with Crippen LogP contribution in [0.15, 0.2) is 16.0 Å². The number of nitrogens with one attached hydrogen (secondary N) is 1. The molecule has 8 heteroatoms. The minimum absolute atomic E-state index is 0.161. The van der Waals surface area contributed by atoms with Gasteiger partial charge in [0.1, 0.15) is 17.1 Å². The monoisotopic (exact) mass is 295 g/mol. The summed E-state index contributed by atoms with van der Waals surface area (Å²) in [4.78, 5) is 27.2. The Hall–Kier alpha value is -2.22. The van der Waals surface area contributed by atoms with E-state index in [1.54, 1.807) is 19.9 Å². The zero-order valence-electron chi connectivity index (χ0n) is 11.0. The summed E-state index contributed by atoms with van der Waals surface area (Å²) in [5.41, 5.74) is 0.801. The summed E-state index contributed by atoms with van der Waals surface area (Å²) in [6, 6.07) is 1.73. The average molecular weight is 295 g/mol. The molecule has 2 aromatic heterocycles. The molecule has 2 aromatic rings. The predicted molar refractivity (Wildman–Crippen MR) is 70.5 cm³/mol. The van der Waals surface area contributed by atoms with Crippen LogP contribution in [0.3, 0.4) is 0 Å². The first-order chi connectivity index (χ1) is 9.60. The van der Waals surface area contributed by atoms with E-state index in [1.165, 1.54) is 5.38 Å². The lowest BCUT2D eigenvalue weighted by Crippen LogP contribution is -2.23. The Labute approximate surface area is 118 Å². The topological polar surface area (TPSA) is 94.3 Å². The smallest absolute Gasteiger partial charge is 0.367 e. The molecule has 2 heterocycles. The van der Waals surface area contributed by atoms with E-state index in [2.05, 4.69) is 15.5 Å². The van der Waals surface area contributed by atoms with Gasteiger partial charge >= 0.3 is 5.97 Å². The lowest BCUT2D eigenvalue weighted by molar-refractivity contribution is 0.0526. The van der Waals surface area contributed by atoms with E-state index >= 15 is 0 Å². The Morgan fingerprint density at radius 1 is 1.50 bits per heavy atom. The van der Waals surface area contributed by atoms with Crippen molar-refractivity contribution >= 4 is 23.2 Å². The molecule has 106 valence electrons. The predicted octanol–water partition coefficient (Wildman–Crippen LogP) is 1.55. The number of amides is 1. The number of carbonyl (C=O) groups is 2. The standard InChI is InChI=1S/C12H13N3O4S/c1-3-18-12(17)11-14-9(6-20-11)10(16)13-5-8-4-7(2)19-15-8/h4,6H,3,5H2,1-2H3,(H,13,16). The lowest BCUT2D eigenvalue weighted by Gasteiger charge is -1.99. The zero-order chi connectivity index (χ0) is 14.5. The second-order valence-corrected chi connectivity index (χ2v) is 4.73. The fraction of sp³-hybridized carbons (Fsp3) is 0.333. The van der Waals surface area contributed by atoms with Gasteiger partial charge in [-0.05, 0) is 13.8 Å². The van der Waals surface area contributed by atoms with Crippen molar-refractivity contribution < 1.29 is 18.8 Å². The highest BCUT2D eigenvalue weighted by Crippen LogP contribution is 2.11. The van der Waals surface area contributed by atoms with Crippen LogP contribution in [0.4, 0.5) is 0 Å². The normalized spacial score (nSPS) is 10.3. The molecule has 0 unspecified atom stereocenters. The number of aryl methyl sites for hydroxylation is 1. The van der Waals surface area contributed by atoms with Crippen LogP contribution in [0.5, 0.6) is 0 Å². The van der Waals surface area contributed by atoms with Gasteiger partial charge in [0, 0.05) is 11.4 Å². The summed E-state index contributed by atoms with van der Waals surface area (Å²) in [5.74, 6) is -0.228. The first-order valence-electron chi connectivity index (χ1n) is 5.93. The summed E-state index contributed by atoms with van der Waals surface area (Å²) >= 11 is 1.07. The number of hydrogen-bond acceptors (Lipinski definition) is 7. The maximum Gasteiger partial charge on any atom is 0.367 e. The Morgan fingerprint density at radius 2 is 2.30 bits per heavy atom. The number of rotatable bonds is 5. The van der Waals surface area contributed by atoms with Gasteiger partial charge in [-0.25, -0.2) is 9.78 Å². The molecule has 0 atom stereocenters. The Bertz CT molecular complexity index is 620. The number of thiazole rings is 1. The number of ether oxygens (including phenoxy) is 1. The molecule has 0 aliphatic carbocycles. The molecule has 0 saturated carbocycles. The van der Waals surface area contributed by atoms with E-state index < -0.39 is 5.97 Å². The van der Waals surface area contributed by atoms with Crippen LogP contribution in [-0.4, -0.2) is 28.6 Å². The molecule has 0 aliphatic rings. The van der Waals surface area contributed by atoms with Crippen molar-refractivity contribution in [2.24, 2.45) is 0 Å². The molecule has 0 radical (unpaired) electrons. The Balaban J connectivity index is 1.94. The van der Waals surface area contributed by atoms with Crippen LogP contribution in [-0.2, 0) is 11.3 Å². The van der Waals surface area contributed by atoms with Crippen LogP contribution < -0.4 is 5.32 Å². The van der Waals surface area contributed by atoms with Crippen molar-refractivity contribution in [1.29, 1.82) is 0 Å². The van der Waals surface area contributed by atoms with Crippen molar-refractivity contribution in [1.82, 2.24) is 15.5 Å². The van der Waals surface area contributed by atoms with Gasteiger partial charge in [0.05, 0.1) is 13.2 Å². The summed E-state index contributed by atoms with van der Waals surface area (Å²) in [6.07, 6.45) is 0. The van der Waals surface area contributed by atoms with Crippen LogP contribution in [0.25, 0.3) is 0 Å². The Morgan fingerprint density at radius 3 is 2.95 bits per heavy atom. The number of aromatic nitrogens is 2. The van der Waals surface area contributed by atoms with Gasteiger partial charge in [-0.15, -0.1) is 11.3 Å². The number of carbonyl (C=O) groups excluding carboxylic acids is 2. The third kappa shape index (κ3) is 3.41. The lowest BCUT2D eigenvalue weighted by atomic mass is 10.3. The maximum atomic E-state index is 11.8. The summed E-state index contributed by atoms with van der Waals surface area (Å²) in [5, 5.41) is 8.07. The average Bonchev–Trinajstić information content (AvgIpc) is 3.05. The molecule has 7 nitrogen and oxygen atoms in total. The molecule has 1 amide bonds. The van der Waals surface area contributed by atoms with E-state index in [-0.39, 0.29) is 29.8 Å². The van der Waals surface area contributed by atoms with E-state index in [1.807, 2.05) is 0 Å². The fourth-order valence-electron chi connectivity index (χ4n) is 1.43. The first kappa shape index (κ1) is 14.2. The minimum atomic E-state index is -0.524. The molecule has 0 aliphatic heterocycles. The van der Waals surface area contributed by atoms with E-state index in [0.29, 0.717) is 11.5 Å². The van der Waals surface area contributed by atoms with Gasteiger partial charge in [0.2, 0.25) is 5.01 Å². The SMILES string of the molecule is CCOC(=O)c1nc(C(=O)NCc2cc(C)on2)cs1. The van der Waals surface area contributed by atoms with Gasteiger partial charge < -0.3 is 14.6 Å². The molecule has 0 aromatic carbocycles. The second kappa shape index (κ2) is 6.29. The van der Waals surface area contributed by atoms with Gasteiger partial charge in [0.15, 0.2) is 0 Å². The quantitative estimate of drug-likeness (QED) is 0.841. The summed E-state index contributed by atoms with van der Waals surface area (Å²) < 4.78 is 9.70. The fourth-order valence-corrected chi connectivity index (χ4v) is 2.12. The summed E-state index contributed by atoms with van der Waals surface area (Å²) in [6.45, 7) is 3.98. The van der Waals surface area contributed by atoms with E-state index in [0.717, 1.165) is 11.3 Å². The molecule has 0 saturated heterocycles. The molecule has 2 rings (SSSR count). The third-order valence-electron chi connectivity index (χ3n) is 2.29. The van der Waals surface area contributed by atoms with Gasteiger partial charge in [-0.3, -0.25) is 4.79 Å². The van der Waals surface area contributed by atoms with Crippen LogP contribution in [0.1, 0.15) is 38.7 Å². The minimum Gasteiger partial charge on any atom is -0.461 e. The molecule has 0 spiro atoms. The van der Waals surface area contributed by atoms with Crippen molar-refractivity contribution in [3.05, 3.63) is 33.6 Å². The van der Waals surface area contributed by atoms with Crippen LogP contribution >= 0.6 is 11.3 Å². The van der Waals surface area contributed by atoms with Crippen molar-refractivity contribution in [2.45, 2.75) is 20.4 Å². The highest BCUT2D eigenvalue weighted by atomic mass is 32.1. The molecular formula is C12H13N3O4S. The van der Waals surface area contributed by atoms with Crippen molar-refractivity contribution in [2.75, 3.05) is 6.61 Å². The number of hydrogen-bond donors (Lipinski definition) is 1. The third-order valence-corrected chi connectivity index (χ3v) is 3.12. The van der Waals surface area contributed by atoms with Crippen molar-refractivity contribution in [3.63, 3.8) is 0 Å². The van der Waals surface area contributed by atoms with E-state index in [4.69, 9.17) is 9.26 Å². The highest BCUT2D eigenvalue weighted by molar-refractivity contribution is 7.11. The van der Waals surface area contributed by atoms with E-state index in [9.17, 15) is 9.59 Å². The maximum absolute atomic E-state index is 11.8. The molecule has 20 heavy (non-hydrogen) atoms. The number of nitrogens with zero attached hydrogens (tertiary/aromatic N) is 2. The first-order valence-corrected chi connectivity index (χ1v) is 6.81. The van der Waals surface area contributed by atoms with Crippen molar-refractivity contribution in [3.8, 4) is 0 Å². The highest BCUT2D eigenvalue weighted by Gasteiger charge is 2.16. The Kier molecular flexibility index (Phi) is 4.46. The van der Waals surface area contributed by atoms with Crippen LogP contribution in [0, 0.1) is 6.92 Å². The van der Waals surface area contributed by atoms with Crippen LogP contribution in [0.2, 0.25) is 0 Å². The zero-order valence-corrected chi connectivity index (χ0v) is 11.8. The largest absolute Gasteiger partial charge is 0.461 e. The molecule has 0 fully saturated rings. The second-order valence-electron chi connectivity index (χ2n) is 3.87. The molecule has 0 bridgehead atoms. The number of esters is 1.